The Kier molecular flexibility index (Phi) is 10.3. The van der Waals surface area contributed by atoms with Crippen LogP contribution in [0.2, 0.25) is 0 Å². The Bertz CT molecular complexity index is 266. The molecule has 0 saturated carbocycles. The Morgan fingerprint density at radius 3 is 1.71 bits per heavy atom. The van der Waals surface area contributed by atoms with Crippen LogP contribution < -0.4 is 56.5 Å². The molecule has 2 nitrogen and oxygen atoms in total. The first-order chi connectivity index (χ1) is 5.93. The minimum Gasteiger partial charge on any atom is -0.850 e. The molecule has 0 spiro atoms. The van der Waals surface area contributed by atoms with Crippen molar-refractivity contribution in [3.05, 3.63) is 35.9 Å². The number of hydrogen-bond donors (Lipinski definition) is 0. The summed E-state index contributed by atoms with van der Waals surface area (Å²) in [4.78, 5) is 0. The molecular formula is C11H14KNO. The maximum Gasteiger partial charge on any atom is 1.00 e. The first-order valence-corrected chi connectivity index (χ1v) is 4.09. The van der Waals surface area contributed by atoms with Gasteiger partial charge in [-0.3, -0.25) is 0 Å². The van der Waals surface area contributed by atoms with Crippen molar-refractivity contribution in [2.45, 2.75) is 26.4 Å². The predicted molar refractivity (Wildman–Crippen MR) is 50.9 cm³/mol. The van der Waals surface area contributed by atoms with Crippen LogP contribution in [0.5, 0.6) is 0 Å². The van der Waals surface area contributed by atoms with E-state index in [9.17, 15) is 5.11 Å². The van der Waals surface area contributed by atoms with E-state index >= 15 is 0 Å². The van der Waals surface area contributed by atoms with Gasteiger partial charge in [0, 0.05) is 0 Å². The molecule has 0 aliphatic carbocycles. The van der Waals surface area contributed by atoms with Gasteiger partial charge in [0.1, 0.15) is 0 Å². The standard InChI is InChI=1S/C7H5N.C4H9O.K/c8-6-7-4-2-1-3-5-7;1-4(2,3)5;/h1-5H;1-3H3;/q;-1;+1. The van der Waals surface area contributed by atoms with Gasteiger partial charge in [-0.2, -0.15) is 5.26 Å². The topological polar surface area (TPSA) is 46.8 Å². The molecule has 1 aromatic carbocycles. The minimum absolute atomic E-state index is 0. The maximum absolute atomic E-state index is 10.1. The SMILES string of the molecule is CC(C)(C)[O-].N#Cc1ccccc1.[K+]. The zero-order valence-corrected chi connectivity index (χ0v) is 12.4. The van der Waals surface area contributed by atoms with Gasteiger partial charge < -0.3 is 5.11 Å². The van der Waals surface area contributed by atoms with Gasteiger partial charge in [0.2, 0.25) is 0 Å². The van der Waals surface area contributed by atoms with Crippen molar-refractivity contribution in [1.29, 1.82) is 5.26 Å². The average molecular weight is 215 g/mol. The summed E-state index contributed by atoms with van der Waals surface area (Å²) in [5, 5.41) is 18.4. The van der Waals surface area contributed by atoms with Crippen LogP contribution >= 0.6 is 0 Å². The smallest absolute Gasteiger partial charge is 0.850 e. The van der Waals surface area contributed by atoms with Crippen molar-refractivity contribution in [3.63, 3.8) is 0 Å². The van der Waals surface area contributed by atoms with Gasteiger partial charge in [0.05, 0.1) is 11.6 Å². The first-order valence-electron chi connectivity index (χ1n) is 4.09. The average Bonchev–Trinajstić information content (AvgIpc) is 2.03. The van der Waals surface area contributed by atoms with Crippen LogP contribution in [0.4, 0.5) is 0 Å². The largest absolute Gasteiger partial charge is 1.00 e. The van der Waals surface area contributed by atoms with Crippen molar-refractivity contribution >= 4 is 0 Å². The second-order valence-electron chi connectivity index (χ2n) is 3.59. The van der Waals surface area contributed by atoms with Crippen molar-refractivity contribution in [1.82, 2.24) is 0 Å². The molecule has 0 atom stereocenters. The van der Waals surface area contributed by atoms with E-state index in [-0.39, 0.29) is 51.4 Å². The summed E-state index contributed by atoms with van der Waals surface area (Å²) in [5.74, 6) is 0. The Labute approximate surface area is 128 Å². The molecule has 0 amide bonds. The molecule has 0 aromatic heterocycles. The minimum atomic E-state index is -0.750. The summed E-state index contributed by atoms with van der Waals surface area (Å²) in [7, 11) is 0. The maximum atomic E-state index is 10.1. The molecule has 0 unspecified atom stereocenters. The third-order valence-corrected chi connectivity index (χ3v) is 0.903. The van der Waals surface area contributed by atoms with Gasteiger partial charge >= 0.3 is 51.4 Å². The number of rotatable bonds is 0. The van der Waals surface area contributed by atoms with E-state index in [4.69, 9.17) is 5.26 Å². The molecule has 0 saturated heterocycles. The van der Waals surface area contributed by atoms with E-state index in [0.29, 0.717) is 5.56 Å². The molecule has 0 fully saturated rings. The molecule has 0 aliphatic rings. The molecule has 14 heavy (non-hydrogen) atoms. The van der Waals surface area contributed by atoms with Gasteiger partial charge in [0.15, 0.2) is 0 Å². The predicted octanol–water partition coefficient (Wildman–Crippen LogP) is -1.29. The molecule has 0 N–H and O–H groups in total. The number of benzene rings is 1. The third kappa shape index (κ3) is 14.8. The van der Waals surface area contributed by atoms with Gasteiger partial charge in [-0.25, -0.2) is 0 Å². The fourth-order valence-corrected chi connectivity index (χ4v) is 0.513. The van der Waals surface area contributed by atoms with Crippen LogP contribution in [0, 0.1) is 11.3 Å². The zero-order chi connectivity index (χ0) is 10.3. The van der Waals surface area contributed by atoms with Gasteiger partial charge in [-0.15, -0.1) is 5.60 Å². The van der Waals surface area contributed by atoms with Crippen LogP contribution in [-0.4, -0.2) is 5.60 Å². The van der Waals surface area contributed by atoms with Crippen molar-refractivity contribution in [2.75, 3.05) is 0 Å². The van der Waals surface area contributed by atoms with E-state index in [1.165, 1.54) is 0 Å². The monoisotopic (exact) mass is 215 g/mol. The second-order valence-corrected chi connectivity index (χ2v) is 3.59. The number of hydrogen-bond acceptors (Lipinski definition) is 2. The number of nitriles is 1. The second kappa shape index (κ2) is 8.60. The molecule has 0 aliphatic heterocycles. The van der Waals surface area contributed by atoms with Crippen molar-refractivity contribution in [3.8, 4) is 6.07 Å². The van der Waals surface area contributed by atoms with Crippen molar-refractivity contribution < 1.29 is 56.5 Å². The summed E-state index contributed by atoms with van der Waals surface area (Å²) in [5.41, 5.74) is -0.0347. The van der Waals surface area contributed by atoms with E-state index in [1.54, 1.807) is 32.9 Å². The molecule has 0 bridgehead atoms. The summed E-state index contributed by atoms with van der Waals surface area (Å²) in [6.07, 6.45) is 0. The third-order valence-electron chi connectivity index (χ3n) is 0.903. The Hall–Kier alpha value is 0.306. The quantitative estimate of drug-likeness (QED) is 0.505. The van der Waals surface area contributed by atoms with Gasteiger partial charge in [-0.1, -0.05) is 39.0 Å². The normalized spacial score (nSPS) is 8.79. The number of nitrogens with zero attached hydrogens (tertiary/aromatic N) is 1. The molecule has 70 valence electrons. The summed E-state index contributed by atoms with van der Waals surface area (Å²) < 4.78 is 0. The molecule has 0 heterocycles. The van der Waals surface area contributed by atoms with Gasteiger partial charge in [-0.05, 0) is 12.1 Å². The van der Waals surface area contributed by atoms with E-state index in [2.05, 4.69) is 0 Å². The van der Waals surface area contributed by atoms with Crippen LogP contribution in [0.3, 0.4) is 0 Å². The first kappa shape index (κ1) is 16.7. The summed E-state index contributed by atoms with van der Waals surface area (Å²) in [6, 6.07) is 11.2. The van der Waals surface area contributed by atoms with E-state index < -0.39 is 5.60 Å². The van der Waals surface area contributed by atoms with Crippen LogP contribution in [0.15, 0.2) is 30.3 Å². The summed E-state index contributed by atoms with van der Waals surface area (Å²) >= 11 is 0. The Morgan fingerprint density at radius 1 is 1.14 bits per heavy atom. The van der Waals surface area contributed by atoms with E-state index in [1.807, 2.05) is 24.3 Å². The van der Waals surface area contributed by atoms with Crippen LogP contribution in [-0.2, 0) is 0 Å². The molecule has 3 heteroatoms. The Morgan fingerprint density at radius 2 is 1.50 bits per heavy atom. The van der Waals surface area contributed by atoms with E-state index in [0.717, 1.165) is 0 Å². The fraction of sp³-hybridized carbons (Fsp3) is 0.364. The molecule has 1 rings (SSSR count). The fourth-order valence-electron chi connectivity index (χ4n) is 0.513. The summed E-state index contributed by atoms with van der Waals surface area (Å²) in [6.45, 7) is 4.90. The molecule has 1 aromatic rings. The molecular weight excluding hydrogens is 201 g/mol. The van der Waals surface area contributed by atoms with Crippen molar-refractivity contribution in [2.24, 2.45) is 0 Å². The van der Waals surface area contributed by atoms with Crippen LogP contribution in [0.1, 0.15) is 26.3 Å². The molecule has 0 radical (unpaired) electrons. The van der Waals surface area contributed by atoms with Crippen LogP contribution in [0.25, 0.3) is 0 Å². The zero-order valence-electron chi connectivity index (χ0n) is 9.24. The Balaban J connectivity index is 0. The van der Waals surface area contributed by atoms with Gasteiger partial charge in [0.25, 0.3) is 0 Å².